The van der Waals surface area contributed by atoms with Gasteiger partial charge in [-0.3, -0.25) is 9.69 Å². The molecule has 0 saturated carbocycles. The largest absolute Gasteiger partial charge is 0.492 e. The van der Waals surface area contributed by atoms with Crippen LogP contribution in [0.3, 0.4) is 0 Å². The molecule has 1 N–H and O–H groups in total. The molecule has 1 amide bonds. The third kappa shape index (κ3) is 4.42. The van der Waals surface area contributed by atoms with Crippen molar-refractivity contribution in [3.05, 3.63) is 48.5 Å². The Labute approximate surface area is 147 Å². The van der Waals surface area contributed by atoms with E-state index in [1.807, 2.05) is 49.2 Å². The number of amides is 1. The van der Waals surface area contributed by atoms with Gasteiger partial charge in [-0.15, -0.1) is 0 Å². The van der Waals surface area contributed by atoms with Gasteiger partial charge in [0.25, 0.3) is 0 Å². The number of carbonyl (C=O) groups is 1. The van der Waals surface area contributed by atoms with Crippen molar-refractivity contribution in [2.45, 2.75) is 13.0 Å². The first-order valence-electron chi connectivity index (χ1n) is 8.22. The van der Waals surface area contributed by atoms with Gasteiger partial charge in [0, 0.05) is 18.3 Å². The topological polar surface area (TPSA) is 60.0 Å². The molecule has 25 heavy (non-hydrogen) atoms. The van der Waals surface area contributed by atoms with Crippen LogP contribution in [0.25, 0.3) is 0 Å². The van der Waals surface area contributed by atoms with Crippen molar-refractivity contribution in [3.8, 4) is 17.2 Å². The van der Waals surface area contributed by atoms with Gasteiger partial charge in [-0.2, -0.15) is 0 Å². The average molecular weight is 342 g/mol. The summed E-state index contributed by atoms with van der Waals surface area (Å²) in [6.45, 7) is 3.24. The summed E-state index contributed by atoms with van der Waals surface area (Å²) < 4.78 is 16.3. The lowest BCUT2D eigenvalue weighted by atomic mass is 10.2. The van der Waals surface area contributed by atoms with Crippen LogP contribution in [0.15, 0.2) is 48.5 Å². The molecule has 0 aliphatic carbocycles. The molecule has 1 atom stereocenters. The smallest absolute Gasteiger partial charge is 0.241 e. The number of likely N-dealkylation sites (N-methyl/N-ethyl adjacent to an activating group) is 1. The van der Waals surface area contributed by atoms with E-state index in [0.29, 0.717) is 30.3 Å². The van der Waals surface area contributed by atoms with Crippen molar-refractivity contribution in [2.75, 3.05) is 32.3 Å². The number of hydrogen-bond donors (Lipinski definition) is 1. The molecular formula is C19H22N2O4. The Morgan fingerprint density at radius 2 is 1.96 bits per heavy atom. The van der Waals surface area contributed by atoms with E-state index in [0.717, 1.165) is 5.75 Å². The van der Waals surface area contributed by atoms with Crippen LogP contribution in [-0.2, 0) is 4.79 Å². The molecule has 0 radical (unpaired) electrons. The highest BCUT2D eigenvalue weighted by Gasteiger charge is 2.19. The molecule has 0 fully saturated rings. The number of rotatable bonds is 7. The van der Waals surface area contributed by atoms with Crippen molar-refractivity contribution >= 4 is 11.6 Å². The lowest BCUT2D eigenvalue weighted by Crippen LogP contribution is -2.41. The minimum Gasteiger partial charge on any atom is -0.492 e. The number of para-hydroxylation sites is 1. The first-order chi connectivity index (χ1) is 12.1. The first-order valence-corrected chi connectivity index (χ1v) is 8.22. The standard InChI is InChI=1S/C19H22N2O4/c1-14(21(2)10-11-23-16-6-4-3-5-7-16)19(22)20-15-8-9-17-18(12-15)25-13-24-17/h3-9,12,14H,10-11,13H2,1-2H3,(H,20,22)/t14-/m0/s1. The monoisotopic (exact) mass is 342 g/mol. The van der Waals surface area contributed by atoms with Crippen molar-refractivity contribution in [3.63, 3.8) is 0 Å². The Balaban J connectivity index is 1.47. The SMILES string of the molecule is C[C@@H](C(=O)Nc1ccc2c(c1)OCO2)N(C)CCOc1ccccc1. The normalized spacial score (nSPS) is 13.6. The summed E-state index contributed by atoms with van der Waals surface area (Å²) in [5.41, 5.74) is 0.690. The van der Waals surface area contributed by atoms with Crippen LogP contribution in [0.2, 0.25) is 0 Å². The fourth-order valence-electron chi connectivity index (χ4n) is 2.44. The molecule has 2 aromatic rings. The van der Waals surface area contributed by atoms with Crippen LogP contribution in [-0.4, -0.2) is 43.8 Å². The Bertz CT molecular complexity index is 721. The third-order valence-corrected chi connectivity index (χ3v) is 4.14. The molecule has 6 heteroatoms. The number of anilines is 1. The van der Waals surface area contributed by atoms with E-state index < -0.39 is 0 Å². The second kappa shape index (κ2) is 7.90. The minimum absolute atomic E-state index is 0.0823. The summed E-state index contributed by atoms with van der Waals surface area (Å²) in [4.78, 5) is 14.4. The van der Waals surface area contributed by atoms with Gasteiger partial charge in [-0.25, -0.2) is 0 Å². The maximum Gasteiger partial charge on any atom is 0.241 e. The predicted octanol–water partition coefficient (Wildman–Crippen LogP) is 2.75. The summed E-state index contributed by atoms with van der Waals surface area (Å²) in [5, 5.41) is 2.90. The van der Waals surface area contributed by atoms with E-state index in [1.165, 1.54) is 0 Å². The molecule has 0 bridgehead atoms. The second-order valence-electron chi connectivity index (χ2n) is 5.88. The Morgan fingerprint density at radius 1 is 1.20 bits per heavy atom. The number of nitrogens with one attached hydrogen (secondary N) is 1. The number of benzene rings is 2. The third-order valence-electron chi connectivity index (χ3n) is 4.14. The molecule has 0 unspecified atom stereocenters. The summed E-state index contributed by atoms with van der Waals surface area (Å²) in [6, 6.07) is 14.7. The maximum atomic E-state index is 12.4. The average Bonchev–Trinajstić information content (AvgIpc) is 3.09. The molecule has 1 aliphatic heterocycles. The van der Waals surface area contributed by atoms with Gasteiger partial charge in [0.05, 0.1) is 6.04 Å². The molecule has 0 aromatic heterocycles. The van der Waals surface area contributed by atoms with Crippen LogP contribution in [0.5, 0.6) is 17.2 Å². The van der Waals surface area contributed by atoms with Crippen LogP contribution in [0, 0.1) is 0 Å². The number of hydrogen-bond acceptors (Lipinski definition) is 5. The molecule has 132 valence electrons. The molecular weight excluding hydrogens is 320 g/mol. The number of nitrogens with zero attached hydrogens (tertiary/aromatic N) is 1. The van der Waals surface area contributed by atoms with Crippen molar-refractivity contribution in [2.24, 2.45) is 0 Å². The number of ether oxygens (including phenoxy) is 3. The zero-order valence-electron chi connectivity index (χ0n) is 14.4. The highest BCUT2D eigenvalue weighted by atomic mass is 16.7. The lowest BCUT2D eigenvalue weighted by Gasteiger charge is -2.23. The quantitative estimate of drug-likeness (QED) is 0.838. The van der Waals surface area contributed by atoms with Crippen LogP contribution in [0.4, 0.5) is 5.69 Å². The van der Waals surface area contributed by atoms with Crippen molar-refractivity contribution in [1.82, 2.24) is 4.90 Å². The van der Waals surface area contributed by atoms with Gasteiger partial charge in [-0.05, 0) is 38.2 Å². The van der Waals surface area contributed by atoms with Gasteiger partial charge in [0.2, 0.25) is 12.7 Å². The predicted molar refractivity (Wildman–Crippen MR) is 95.2 cm³/mol. The van der Waals surface area contributed by atoms with Crippen molar-refractivity contribution in [1.29, 1.82) is 0 Å². The lowest BCUT2D eigenvalue weighted by molar-refractivity contribution is -0.120. The Morgan fingerprint density at radius 3 is 2.76 bits per heavy atom. The van der Waals surface area contributed by atoms with E-state index >= 15 is 0 Å². The fraction of sp³-hybridized carbons (Fsp3) is 0.316. The van der Waals surface area contributed by atoms with E-state index in [4.69, 9.17) is 14.2 Å². The van der Waals surface area contributed by atoms with Crippen LogP contribution in [0.1, 0.15) is 6.92 Å². The Kier molecular flexibility index (Phi) is 5.40. The van der Waals surface area contributed by atoms with Gasteiger partial charge in [-0.1, -0.05) is 18.2 Å². The summed E-state index contributed by atoms with van der Waals surface area (Å²) >= 11 is 0. The minimum atomic E-state index is -0.287. The van der Waals surface area contributed by atoms with Gasteiger partial charge in [0.15, 0.2) is 11.5 Å². The van der Waals surface area contributed by atoms with Crippen LogP contribution >= 0.6 is 0 Å². The second-order valence-corrected chi connectivity index (χ2v) is 5.88. The highest BCUT2D eigenvalue weighted by molar-refractivity contribution is 5.94. The molecule has 3 rings (SSSR count). The zero-order chi connectivity index (χ0) is 17.6. The Hall–Kier alpha value is -2.73. The van der Waals surface area contributed by atoms with E-state index in [2.05, 4.69) is 5.32 Å². The molecule has 1 aliphatic rings. The van der Waals surface area contributed by atoms with Gasteiger partial charge < -0.3 is 19.5 Å². The zero-order valence-corrected chi connectivity index (χ0v) is 14.4. The van der Waals surface area contributed by atoms with E-state index in [-0.39, 0.29) is 18.7 Å². The summed E-state index contributed by atoms with van der Waals surface area (Å²) in [5.74, 6) is 2.09. The van der Waals surface area contributed by atoms with Gasteiger partial charge in [0.1, 0.15) is 12.4 Å². The molecule has 6 nitrogen and oxygen atoms in total. The fourth-order valence-corrected chi connectivity index (χ4v) is 2.44. The van der Waals surface area contributed by atoms with Gasteiger partial charge >= 0.3 is 0 Å². The molecule has 0 spiro atoms. The first kappa shape index (κ1) is 17.1. The van der Waals surface area contributed by atoms with Crippen molar-refractivity contribution < 1.29 is 19.0 Å². The summed E-state index contributed by atoms with van der Waals surface area (Å²) in [7, 11) is 1.90. The molecule has 0 saturated heterocycles. The van der Waals surface area contributed by atoms with Crippen LogP contribution < -0.4 is 19.5 Å². The number of fused-ring (bicyclic) bond motifs is 1. The van der Waals surface area contributed by atoms with E-state index in [1.54, 1.807) is 18.2 Å². The maximum absolute atomic E-state index is 12.4. The number of carbonyl (C=O) groups excluding carboxylic acids is 1. The summed E-state index contributed by atoms with van der Waals surface area (Å²) in [6.07, 6.45) is 0. The highest BCUT2D eigenvalue weighted by Crippen LogP contribution is 2.34. The molecule has 2 aromatic carbocycles. The van der Waals surface area contributed by atoms with E-state index in [9.17, 15) is 4.79 Å². The molecule has 1 heterocycles.